The molecular formula is C16H21N3OS. The van der Waals surface area contributed by atoms with Crippen LogP contribution in [0.4, 0.5) is 10.8 Å². The predicted octanol–water partition coefficient (Wildman–Crippen LogP) is 3.90. The monoisotopic (exact) mass is 303 g/mol. The second kappa shape index (κ2) is 6.72. The van der Waals surface area contributed by atoms with Gasteiger partial charge in [-0.15, -0.1) is 11.3 Å². The van der Waals surface area contributed by atoms with Crippen molar-refractivity contribution in [2.45, 2.75) is 40.2 Å². The number of hydrogen-bond acceptors (Lipinski definition) is 4. The van der Waals surface area contributed by atoms with Gasteiger partial charge in [-0.25, -0.2) is 4.98 Å². The number of aryl methyl sites for hydroxylation is 3. The molecule has 4 nitrogen and oxygen atoms in total. The number of thiazole rings is 1. The topological polar surface area (TPSA) is 54.0 Å². The number of benzene rings is 1. The molecule has 0 unspecified atom stereocenters. The van der Waals surface area contributed by atoms with Crippen molar-refractivity contribution in [2.24, 2.45) is 0 Å². The third kappa shape index (κ3) is 4.04. The van der Waals surface area contributed by atoms with Crippen LogP contribution in [0.2, 0.25) is 0 Å². The van der Waals surface area contributed by atoms with Gasteiger partial charge in [-0.05, 0) is 38.8 Å². The first-order chi connectivity index (χ1) is 9.99. The Balaban J connectivity index is 2.06. The number of nitrogens with zero attached hydrogens (tertiary/aromatic N) is 1. The minimum absolute atomic E-state index is 0.0492. The summed E-state index contributed by atoms with van der Waals surface area (Å²) in [5.41, 5.74) is 4.28. The lowest BCUT2D eigenvalue weighted by molar-refractivity contribution is -0.116. The van der Waals surface area contributed by atoms with Gasteiger partial charge in [0.1, 0.15) is 6.04 Å². The quantitative estimate of drug-likeness (QED) is 0.881. The minimum Gasteiger partial charge on any atom is -0.373 e. The summed E-state index contributed by atoms with van der Waals surface area (Å²) in [5, 5.41) is 8.76. The van der Waals surface area contributed by atoms with Crippen molar-refractivity contribution in [1.82, 2.24) is 4.98 Å². The zero-order chi connectivity index (χ0) is 15.4. The maximum absolute atomic E-state index is 12.3. The summed E-state index contributed by atoms with van der Waals surface area (Å²) in [6.45, 7) is 8.01. The van der Waals surface area contributed by atoms with E-state index in [1.165, 1.54) is 16.9 Å². The van der Waals surface area contributed by atoms with Crippen LogP contribution in [0.15, 0.2) is 23.6 Å². The first kappa shape index (κ1) is 15.5. The Morgan fingerprint density at radius 3 is 2.67 bits per heavy atom. The maximum Gasteiger partial charge on any atom is 0.248 e. The van der Waals surface area contributed by atoms with Gasteiger partial charge in [-0.2, -0.15) is 0 Å². The van der Waals surface area contributed by atoms with Crippen LogP contribution in [0.5, 0.6) is 0 Å². The number of carbonyl (C=O) groups excluding carboxylic acids is 1. The summed E-state index contributed by atoms with van der Waals surface area (Å²) in [7, 11) is 0. The Hall–Kier alpha value is -1.88. The molecular weight excluding hydrogens is 282 g/mol. The molecule has 0 aliphatic carbocycles. The Labute approximate surface area is 129 Å². The predicted molar refractivity (Wildman–Crippen MR) is 89.1 cm³/mol. The van der Waals surface area contributed by atoms with E-state index < -0.39 is 0 Å². The van der Waals surface area contributed by atoms with Crippen LogP contribution in [0.3, 0.4) is 0 Å². The highest BCUT2D eigenvalue weighted by molar-refractivity contribution is 7.13. The standard InChI is InChI=1S/C16H21N3OS/c1-5-13(15(20)19-16-17-12(4)9-21-16)18-14-7-6-10(2)8-11(14)3/h6-9,13,18H,5H2,1-4H3,(H,17,19,20)/t13-/m0/s1. The highest BCUT2D eigenvalue weighted by Crippen LogP contribution is 2.19. The molecule has 0 aliphatic rings. The van der Waals surface area contributed by atoms with Crippen LogP contribution < -0.4 is 10.6 Å². The fourth-order valence-corrected chi connectivity index (χ4v) is 2.81. The number of amides is 1. The SMILES string of the molecule is CC[C@H](Nc1ccc(C)cc1C)C(=O)Nc1nc(C)cs1. The van der Waals surface area contributed by atoms with Crippen molar-refractivity contribution in [3.8, 4) is 0 Å². The highest BCUT2D eigenvalue weighted by atomic mass is 32.1. The summed E-state index contributed by atoms with van der Waals surface area (Å²) in [6, 6.07) is 5.91. The molecule has 21 heavy (non-hydrogen) atoms. The average Bonchev–Trinajstić information content (AvgIpc) is 2.83. The Kier molecular flexibility index (Phi) is 4.96. The maximum atomic E-state index is 12.3. The van der Waals surface area contributed by atoms with E-state index in [2.05, 4.69) is 28.6 Å². The molecule has 112 valence electrons. The Morgan fingerprint density at radius 1 is 1.33 bits per heavy atom. The first-order valence-corrected chi connectivity index (χ1v) is 7.94. The first-order valence-electron chi connectivity index (χ1n) is 7.06. The molecule has 5 heteroatoms. The van der Waals surface area contributed by atoms with Gasteiger partial charge in [0, 0.05) is 11.1 Å². The second-order valence-electron chi connectivity index (χ2n) is 5.21. The summed E-state index contributed by atoms with van der Waals surface area (Å²) in [4.78, 5) is 16.6. The molecule has 2 aromatic rings. The van der Waals surface area contributed by atoms with Crippen LogP contribution in [0.25, 0.3) is 0 Å². The van der Waals surface area contributed by atoms with E-state index in [-0.39, 0.29) is 11.9 Å². The van der Waals surface area contributed by atoms with Crippen LogP contribution in [0, 0.1) is 20.8 Å². The van der Waals surface area contributed by atoms with Crippen LogP contribution >= 0.6 is 11.3 Å². The summed E-state index contributed by atoms with van der Waals surface area (Å²) in [5.74, 6) is -0.0492. The van der Waals surface area contributed by atoms with E-state index in [4.69, 9.17) is 0 Å². The van der Waals surface area contributed by atoms with Crippen molar-refractivity contribution < 1.29 is 4.79 Å². The van der Waals surface area contributed by atoms with Gasteiger partial charge in [0.05, 0.1) is 5.69 Å². The van der Waals surface area contributed by atoms with Gasteiger partial charge in [0.2, 0.25) is 5.91 Å². The average molecular weight is 303 g/mol. The highest BCUT2D eigenvalue weighted by Gasteiger charge is 2.18. The van der Waals surface area contributed by atoms with E-state index in [0.29, 0.717) is 11.6 Å². The largest absolute Gasteiger partial charge is 0.373 e. The lowest BCUT2D eigenvalue weighted by atomic mass is 10.1. The minimum atomic E-state index is -0.268. The molecule has 0 saturated carbocycles. The molecule has 0 aliphatic heterocycles. The molecule has 2 rings (SSSR count). The number of nitrogens with one attached hydrogen (secondary N) is 2. The number of hydrogen-bond donors (Lipinski definition) is 2. The molecule has 1 amide bonds. The van der Waals surface area contributed by atoms with Crippen LogP contribution in [0.1, 0.15) is 30.2 Å². The molecule has 1 aromatic heterocycles. The second-order valence-corrected chi connectivity index (χ2v) is 6.06. The summed E-state index contributed by atoms with van der Waals surface area (Å²) < 4.78 is 0. The summed E-state index contributed by atoms with van der Waals surface area (Å²) in [6.07, 6.45) is 0.712. The van der Waals surface area contributed by atoms with Gasteiger partial charge in [-0.1, -0.05) is 24.6 Å². The number of carbonyl (C=O) groups is 1. The third-order valence-corrected chi connectivity index (χ3v) is 4.16. The molecule has 0 bridgehead atoms. The smallest absolute Gasteiger partial charge is 0.248 e. The molecule has 2 N–H and O–H groups in total. The molecule has 0 radical (unpaired) electrons. The van der Waals surface area contributed by atoms with Crippen molar-refractivity contribution >= 4 is 28.1 Å². The van der Waals surface area contributed by atoms with Crippen molar-refractivity contribution in [2.75, 3.05) is 10.6 Å². The van der Waals surface area contributed by atoms with E-state index >= 15 is 0 Å². The van der Waals surface area contributed by atoms with E-state index in [9.17, 15) is 4.79 Å². The lowest BCUT2D eigenvalue weighted by Gasteiger charge is -2.19. The van der Waals surface area contributed by atoms with Crippen LogP contribution in [-0.2, 0) is 4.79 Å². The Bertz CT molecular complexity index is 636. The third-order valence-electron chi connectivity index (χ3n) is 3.29. The van der Waals surface area contributed by atoms with Gasteiger partial charge < -0.3 is 10.6 Å². The summed E-state index contributed by atoms with van der Waals surface area (Å²) >= 11 is 1.45. The Morgan fingerprint density at radius 2 is 2.10 bits per heavy atom. The zero-order valence-electron chi connectivity index (χ0n) is 12.9. The van der Waals surface area contributed by atoms with E-state index in [0.717, 1.165) is 16.9 Å². The van der Waals surface area contributed by atoms with Crippen molar-refractivity contribution in [1.29, 1.82) is 0 Å². The van der Waals surface area contributed by atoms with Gasteiger partial charge >= 0.3 is 0 Å². The fourth-order valence-electron chi connectivity index (χ4n) is 2.12. The molecule has 1 atom stereocenters. The molecule has 0 fully saturated rings. The number of rotatable bonds is 5. The molecule has 0 spiro atoms. The van der Waals surface area contributed by atoms with Crippen LogP contribution in [-0.4, -0.2) is 16.9 Å². The normalized spacial score (nSPS) is 12.0. The van der Waals surface area contributed by atoms with Gasteiger partial charge in [0.15, 0.2) is 5.13 Å². The molecule has 1 aromatic carbocycles. The fraction of sp³-hybridized carbons (Fsp3) is 0.375. The van der Waals surface area contributed by atoms with Gasteiger partial charge in [-0.3, -0.25) is 4.79 Å². The van der Waals surface area contributed by atoms with E-state index in [1.54, 1.807) is 0 Å². The van der Waals surface area contributed by atoms with Crippen molar-refractivity contribution in [3.63, 3.8) is 0 Å². The number of anilines is 2. The lowest BCUT2D eigenvalue weighted by Crippen LogP contribution is -2.34. The molecule has 0 saturated heterocycles. The van der Waals surface area contributed by atoms with Crippen molar-refractivity contribution in [3.05, 3.63) is 40.4 Å². The zero-order valence-corrected chi connectivity index (χ0v) is 13.7. The number of aromatic nitrogens is 1. The van der Waals surface area contributed by atoms with E-state index in [1.807, 2.05) is 38.3 Å². The molecule has 1 heterocycles. The van der Waals surface area contributed by atoms with Gasteiger partial charge in [0.25, 0.3) is 0 Å².